The van der Waals surface area contributed by atoms with Crippen LogP contribution in [0.15, 0.2) is 42.5 Å². The quantitative estimate of drug-likeness (QED) is 0.206. The van der Waals surface area contributed by atoms with Crippen molar-refractivity contribution in [2.24, 2.45) is 0 Å². The van der Waals surface area contributed by atoms with Gasteiger partial charge in [-0.15, -0.1) is 0 Å². The molecule has 7 heteroatoms. The predicted molar refractivity (Wildman–Crippen MR) is 116 cm³/mol. The van der Waals surface area contributed by atoms with Gasteiger partial charge in [0.05, 0.1) is 0 Å². The number of carboxylic acids is 1. The fraction of sp³-hybridized carbons (Fsp3) is 0.269. The molecule has 2 nitrogen and oxygen atoms in total. The molecule has 0 fully saturated rings. The Morgan fingerprint density at radius 2 is 1.33 bits per heavy atom. The molecule has 0 aliphatic rings. The molecule has 0 aliphatic carbocycles. The molecule has 33 heavy (non-hydrogen) atoms. The number of benzene rings is 3. The van der Waals surface area contributed by atoms with E-state index in [4.69, 9.17) is 0 Å². The Morgan fingerprint density at radius 1 is 0.758 bits per heavy atom. The maximum absolute atomic E-state index is 15.1. The van der Waals surface area contributed by atoms with Crippen molar-refractivity contribution in [2.45, 2.75) is 45.4 Å². The number of hydrogen-bond acceptors (Lipinski definition) is 1. The normalized spacial score (nSPS) is 11.1. The van der Waals surface area contributed by atoms with Crippen molar-refractivity contribution in [1.29, 1.82) is 0 Å². The molecule has 0 atom stereocenters. The third-order valence-electron chi connectivity index (χ3n) is 5.56. The Morgan fingerprint density at radius 3 is 1.88 bits per heavy atom. The first-order valence-corrected chi connectivity index (χ1v) is 10.7. The second kappa shape index (κ2) is 10.6. The maximum Gasteiger partial charge on any atom is 0.341 e. The summed E-state index contributed by atoms with van der Waals surface area (Å²) in [5.41, 5.74) is -0.0500. The molecule has 0 aromatic heterocycles. The molecule has 0 saturated heterocycles. The molecule has 0 spiro atoms. The average molecular weight is 462 g/mol. The van der Waals surface area contributed by atoms with Gasteiger partial charge in [0.15, 0.2) is 17.5 Å². The number of hydrogen-bond donors (Lipinski definition) is 1. The van der Waals surface area contributed by atoms with Crippen LogP contribution >= 0.6 is 0 Å². The number of carboxylic acid groups (broad SMARTS) is 1. The van der Waals surface area contributed by atoms with E-state index in [-0.39, 0.29) is 12.0 Å². The standard InChI is InChI=1S/C26H23F5O2/c1-2-3-4-5-15-6-8-16(9-7-15)10-11-17-12-19(27)23(26(32)33)25(31)22(17)18-13-20(28)24(30)21(29)14-18/h6-9,12-14H,2-5,10-11H2,1H3,(H,32,33). The van der Waals surface area contributed by atoms with Crippen LogP contribution in [0.3, 0.4) is 0 Å². The average Bonchev–Trinajstić information content (AvgIpc) is 2.76. The molecule has 3 rings (SSSR count). The first-order chi connectivity index (χ1) is 15.7. The van der Waals surface area contributed by atoms with E-state index in [2.05, 4.69) is 6.92 Å². The van der Waals surface area contributed by atoms with Crippen molar-refractivity contribution in [1.82, 2.24) is 0 Å². The number of rotatable bonds is 9. The van der Waals surface area contributed by atoms with Crippen LogP contribution in [-0.2, 0) is 19.3 Å². The minimum atomic E-state index is -1.86. The lowest BCUT2D eigenvalue weighted by molar-refractivity contribution is 0.0686. The first kappa shape index (κ1) is 24.4. The fourth-order valence-corrected chi connectivity index (χ4v) is 3.80. The highest BCUT2D eigenvalue weighted by Gasteiger charge is 2.25. The summed E-state index contributed by atoms with van der Waals surface area (Å²) >= 11 is 0. The third kappa shape index (κ3) is 5.59. The Hall–Kier alpha value is -3.22. The highest BCUT2D eigenvalue weighted by molar-refractivity contribution is 5.91. The van der Waals surface area contributed by atoms with E-state index in [0.717, 1.165) is 37.3 Å². The smallest absolute Gasteiger partial charge is 0.341 e. The van der Waals surface area contributed by atoms with Gasteiger partial charge < -0.3 is 5.11 Å². The van der Waals surface area contributed by atoms with Gasteiger partial charge in [0.2, 0.25) is 0 Å². The summed E-state index contributed by atoms with van der Waals surface area (Å²) in [4.78, 5) is 11.3. The molecule has 0 bridgehead atoms. The largest absolute Gasteiger partial charge is 0.477 e. The van der Waals surface area contributed by atoms with Gasteiger partial charge >= 0.3 is 5.97 Å². The summed E-state index contributed by atoms with van der Waals surface area (Å²) in [6, 6.07) is 9.73. The van der Waals surface area contributed by atoms with E-state index >= 15 is 4.39 Å². The SMILES string of the molecule is CCCCCc1ccc(CCc2cc(F)c(C(=O)O)c(F)c2-c2cc(F)c(F)c(F)c2)cc1. The maximum atomic E-state index is 15.1. The fourth-order valence-electron chi connectivity index (χ4n) is 3.80. The lowest BCUT2D eigenvalue weighted by Gasteiger charge is -2.15. The minimum absolute atomic E-state index is 0.0208. The van der Waals surface area contributed by atoms with Crippen LogP contribution in [0.5, 0.6) is 0 Å². The molecule has 0 radical (unpaired) electrons. The predicted octanol–water partition coefficient (Wildman–Crippen LogP) is 7.27. The van der Waals surface area contributed by atoms with E-state index in [0.29, 0.717) is 18.6 Å². The highest BCUT2D eigenvalue weighted by atomic mass is 19.2. The number of carbonyl (C=O) groups is 1. The molecule has 0 heterocycles. The molecule has 0 unspecified atom stereocenters. The van der Waals surface area contributed by atoms with E-state index in [1.807, 2.05) is 24.3 Å². The molecule has 0 amide bonds. The molecule has 174 valence electrons. The van der Waals surface area contributed by atoms with E-state index < -0.39 is 51.7 Å². The Balaban J connectivity index is 1.95. The van der Waals surface area contributed by atoms with Gasteiger partial charge in [-0.2, -0.15) is 0 Å². The topological polar surface area (TPSA) is 37.3 Å². The summed E-state index contributed by atoms with van der Waals surface area (Å²) < 4.78 is 70.4. The lowest BCUT2D eigenvalue weighted by atomic mass is 9.91. The number of unbranched alkanes of at least 4 members (excludes halogenated alkanes) is 2. The molecule has 0 saturated carbocycles. The summed E-state index contributed by atoms with van der Waals surface area (Å²) in [7, 11) is 0. The minimum Gasteiger partial charge on any atom is -0.477 e. The van der Waals surface area contributed by atoms with E-state index in [1.54, 1.807) is 0 Å². The van der Waals surface area contributed by atoms with Gasteiger partial charge in [0.25, 0.3) is 0 Å². The summed E-state index contributed by atoms with van der Waals surface area (Å²) in [5, 5.41) is 9.19. The van der Waals surface area contributed by atoms with Crippen LogP contribution in [0.2, 0.25) is 0 Å². The highest BCUT2D eigenvalue weighted by Crippen LogP contribution is 2.33. The van der Waals surface area contributed by atoms with Crippen LogP contribution < -0.4 is 0 Å². The molecular formula is C26H23F5O2. The summed E-state index contributed by atoms with van der Waals surface area (Å²) in [6.45, 7) is 2.13. The van der Waals surface area contributed by atoms with Gasteiger partial charge in [-0.25, -0.2) is 26.7 Å². The third-order valence-corrected chi connectivity index (χ3v) is 5.56. The second-order valence-electron chi connectivity index (χ2n) is 7.91. The van der Waals surface area contributed by atoms with Crippen molar-refractivity contribution in [2.75, 3.05) is 0 Å². The zero-order chi connectivity index (χ0) is 24.1. The second-order valence-corrected chi connectivity index (χ2v) is 7.91. The number of halogens is 5. The molecule has 3 aromatic rings. The molecular weight excluding hydrogens is 439 g/mol. The summed E-state index contributed by atoms with van der Waals surface area (Å²) in [6.07, 6.45) is 4.71. The van der Waals surface area contributed by atoms with Crippen molar-refractivity contribution >= 4 is 5.97 Å². The zero-order valence-electron chi connectivity index (χ0n) is 18.0. The van der Waals surface area contributed by atoms with Crippen LogP contribution in [0.25, 0.3) is 11.1 Å². The lowest BCUT2D eigenvalue weighted by Crippen LogP contribution is -2.10. The van der Waals surface area contributed by atoms with Gasteiger partial charge in [-0.1, -0.05) is 44.0 Å². The first-order valence-electron chi connectivity index (χ1n) is 10.7. The Kier molecular flexibility index (Phi) is 7.84. The monoisotopic (exact) mass is 462 g/mol. The van der Waals surface area contributed by atoms with Gasteiger partial charge in [-0.05, 0) is 66.1 Å². The zero-order valence-corrected chi connectivity index (χ0v) is 18.0. The van der Waals surface area contributed by atoms with Crippen LogP contribution in [0.1, 0.15) is 53.2 Å². The van der Waals surface area contributed by atoms with Gasteiger partial charge in [0, 0.05) is 5.56 Å². The van der Waals surface area contributed by atoms with Crippen molar-refractivity contribution in [3.05, 3.63) is 93.8 Å². The summed E-state index contributed by atoms with van der Waals surface area (Å²) in [5.74, 6) is -9.48. The Bertz CT molecular complexity index is 1130. The molecule has 3 aromatic carbocycles. The van der Waals surface area contributed by atoms with Crippen molar-refractivity contribution in [3.63, 3.8) is 0 Å². The van der Waals surface area contributed by atoms with Gasteiger partial charge in [-0.3, -0.25) is 0 Å². The molecule has 0 aliphatic heterocycles. The van der Waals surface area contributed by atoms with Crippen LogP contribution in [0.4, 0.5) is 22.0 Å². The van der Waals surface area contributed by atoms with E-state index in [9.17, 15) is 27.5 Å². The molecule has 1 N–H and O–H groups in total. The Labute approximate surface area is 188 Å². The number of aromatic carboxylic acids is 1. The van der Waals surface area contributed by atoms with Crippen molar-refractivity contribution in [3.8, 4) is 11.1 Å². The van der Waals surface area contributed by atoms with Crippen LogP contribution in [0, 0.1) is 29.1 Å². The number of aryl methyl sites for hydroxylation is 3. The van der Waals surface area contributed by atoms with Crippen molar-refractivity contribution < 1.29 is 31.9 Å². The van der Waals surface area contributed by atoms with E-state index in [1.165, 1.54) is 5.56 Å². The van der Waals surface area contributed by atoms with Gasteiger partial charge in [0.1, 0.15) is 17.2 Å². The van der Waals surface area contributed by atoms with Crippen LogP contribution in [-0.4, -0.2) is 11.1 Å².